The number of halogens is 1. The van der Waals surface area contributed by atoms with Gasteiger partial charge in [-0.2, -0.15) is 0 Å². The Balaban J connectivity index is 0.00000192. The molecule has 1 aromatic rings. The first-order chi connectivity index (χ1) is 10.8. The first kappa shape index (κ1) is 18.5. The summed E-state index contributed by atoms with van der Waals surface area (Å²) in [5, 5.41) is 7.30. The Morgan fingerprint density at radius 1 is 1.35 bits per heavy atom. The highest BCUT2D eigenvalue weighted by Gasteiger charge is 2.26. The third-order valence-corrected chi connectivity index (χ3v) is 4.68. The Hall–Kier alpha value is -0.830. The van der Waals surface area contributed by atoms with Crippen LogP contribution in [0.5, 0.6) is 0 Å². The number of hydrogen-bond donors (Lipinski definition) is 1. The zero-order chi connectivity index (χ0) is 15.2. The van der Waals surface area contributed by atoms with Crippen LogP contribution in [0.2, 0.25) is 0 Å². The number of nitrogens with zero attached hydrogens (tertiary/aromatic N) is 4. The Morgan fingerprint density at radius 3 is 2.87 bits per heavy atom. The Kier molecular flexibility index (Phi) is 7.61. The van der Waals surface area contributed by atoms with Gasteiger partial charge in [-0.25, -0.2) is 0 Å². The molecule has 1 atom stereocenters. The summed E-state index contributed by atoms with van der Waals surface area (Å²) in [5.41, 5.74) is 0.908. The van der Waals surface area contributed by atoms with Gasteiger partial charge in [-0.1, -0.05) is 11.6 Å². The number of piperidine rings is 1. The third-order valence-electron chi connectivity index (χ3n) is 4.68. The van der Waals surface area contributed by atoms with E-state index in [4.69, 9.17) is 4.52 Å². The summed E-state index contributed by atoms with van der Waals surface area (Å²) in [6.45, 7) is 6.69. The quantitative estimate of drug-likeness (QED) is 0.448. The second-order valence-corrected chi connectivity index (χ2v) is 6.35. The third kappa shape index (κ3) is 5.34. The Bertz CT molecular complexity index is 473. The van der Waals surface area contributed by atoms with Gasteiger partial charge in [0.2, 0.25) is 0 Å². The summed E-state index contributed by atoms with van der Waals surface area (Å²) in [6.07, 6.45) is 7.02. The molecule has 3 heterocycles. The summed E-state index contributed by atoms with van der Waals surface area (Å²) in [4.78, 5) is 9.42. The monoisotopic (exact) mass is 433 g/mol. The van der Waals surface area contributed by atoms with E-state index in [0.29, 0.717) is 6.54 Å². The highest BCUT2D eigenvalue weighted by molar-refractivity contribution is 14.0. The topological polar surface area (TPSA) is 56.9 Å². The molecule has 130 valence electrons. The van der Waals surface area contributed by atoms with Crippen LogP contribution in [-0.4, -0.2) is 60.7 Å². The van der Waals surface area contributed by atoms with Gasteiger partial charge in [0.05, 0.1) is 6.54 Å². The molecular formula is C16H28IN5O. The van der Waals surface area contributed by atoms with Crippen LogP contribution in [-0.2, 0) is 6.54 Å². The normalized spacial score (nSPS) is 22.9. The summed E-state index contributed by atoms with van der Waals surface area (Å²) in [5.74, 6) is 1.74. The maximum atomic E-state index is 4.86. The molecule has 1 unspecified atom stereocenters. The van der Waals surface area contributed by atoms with E-state index in [1.54, 1.807) is 6.26 Å². The minimum absolute atomic E-state index is 0. The average molecular weight is 433 g/mol. The van der Waals surface area contributed by atoms with Crippen molar-refractivity contribution < 1.29 is 4.52 Å². The van der Waals surface area contributed by atoms with Gasteiger partial charge < -0.3 is 19.6 Å². The van der Waals surface area contributed by atoms with Crippen LogP contribution in [0.1, 0.15) is 31.4 Å². The van der Waals surface area contributed by atoms with E-state index >= 15 is 0 Å². The van der Waals surface area contributed by atoms with Crippen molar-refractivity contribution in [3.63, 3.8) is 0 Å². The van der Waals surface area contributed by atoms with E-state index in [2.05, 4.69) is 25.3 Å². The van der Waals surface area contributed by atoms with Gasteiger partial charge in [-0.15, -0.1) is 24.0 Å². The largest absolute Gasteiger partial charge is 0.364 e. The fraction of sp³-hybridized carbons (Fsp3) is 0.750. The SMILES string of the molecule is CN=C(NCc1ccon1)N1CCC(CN2CCCCC2)C1.I. The second kappa shape index (κ2) is 9.46. The molecule has 3 rings (SSSR count). The van der Waals surface area contributed by atoms with Gasteiger partial charge in [0.25, 0.3) is 0 Å². The van der Waals surface area contributed by atoms with Crippen LogP contribution in [0.4, 0.5) is 0 Å². The van der Waals surface area contributed by atoms with Crippen molar-refractivity contribution in [1.82, 2.24) is 20.3 Å². The first-order valence-corrected chi connectivity index (χ1v) is 8.42. The molecule has 2 fully saturated rings. The lowest BCUT2D eigenvalue weighted by molar-refractivity contribution is 0.198. The minimum Gasteiger partial charge on any atom is -0.364 e. The molecule has 2 saturated heterocycles. The molecule has 1 aromatic heterocycles. The Labute approximate surface area is 155 Å². The molecule has 2 aliphatic rings. The average Bonchev–Trinajstić information content (AvgIpc) is 3.21. The maximum Gasteiger partial charge on any atom is 0.193 e. The number of aliphatic imine (C=N–C) groups is 1. The molecule has 6 nitrogen and oxygen atoms in total. The van der Waals surface area contributed by atoms with Crippen molar-refractivity contribution >= 4 is 29.9 Å². The lowest BCUT2D eigenvalue weighted by atomic mass is 10.1. The molecule has 0 aromatic carbocycles. The maximum absolute atomic E-state index is 4.86. The fourth-order valence-corrected chi connectivity index (χ4v) is 3.51. The minimum atomic E-state index is 0. The zero-order valence-electron chi connectivity index (χ0n) is 13.9. The lowest BCUT2D eigenvalue weighted by Gasteiger charge is -2.29. The molecule has 0 saturated carbocycles. The molecule has 0 spiro atoms. The van der Waals surface area contributed by atoms with E-state index in [0.717, 1.165) is 30.7 Å². The molecule has 2 aliphatic heterocycles. The highest BCUT2D eigenvalue weighted by atomic mass is 127. The van der Waals surface area contributed by atoms with E-state index in [1.165, 1.54) is 45.3 Å². The predicted molar refractivity (Wildman–Crippen MR) is 102 cm³/mol. The fourth-order valence-electron chi connectivity index (χ4n) is 3.51. The molecule has 0 aliphatic carbocycles. The van der Waals surface area contributed by atoms with E-state index in [1.807, 2.05) is 13.1 Å². The van der Waals surface area contributed by atoms with Crippen molar-refractivity contribution in [2.75, 3.05) is 39.8 Å². The van der Waals surface area contributed by atoms with Crippen LogP contribution < -0.4 is 5.32 Å². The molecule has 1 N–H and O–H groups in total. The number of aromatic nitrogens is 1. The smallest absolute Gasteiger partial charge is 0.193 e. The Morgan fingerprint density at radius 2 is 2.17 bits per heavy atom. The van der Waals surface area contributed by atoms with E-state index in [-0.39, 0.29) is 24.0 Å². The van der Waals surface area contributed by atoms with Gasteiger partial charge >= 0.3 is 0 Å². The van der Waals surface area contributed by atoms with Crippen molar-refractivity contribution in [3.05, 3.63) is 18.0 Å². The molecule has 7 heteroatoms. The summed E-state index contributed by atoms with van der Waals surface area (Å²) >= 11 is 0. The molecule has 0 radical (unpaired) electrons. The number of likely N-dealkylation sites (tertiary alicyclic amines) is 2. The highest BCUT2D eigenvalue weighted by Crippen LogP contribution is 2.19. The van der Waals surface area contributed by atoms with Crippen LogP contribution in [0.15, 0.2) is 21.8 Å². The van der Waals surface area contributed by atoms with Crippen molar-refractivity contribution in [2.24, 2.45) is 10.9 Å². The van der Waals surface area contributed by atoms with Gasteiger partial charge in [-0.05, 0) is 38.3 Å². The van der Waals surface area contributed by atoms with Crippen LogP contribution >= 0.6 is 24.0 Å². The van der Waals surface area contributed by atoms with Gasteiger partial charge in [-0.3, -0.25) is 4.99 Å². The van der Waals surface area contributed by atoms with Crippen LogP contribution in [0.25, 0.3) is 0 Å². The van der Waals surface area contributed by atoms with Crippen LogP contribution in [0, 0.1) is 5.92 Å². The zero-order valence-corrected chi connectivity index (χ0v) is 16.2. The van der Waals surface area contributed by atoms with Gasteiger partial charge in [0, 0.05) is 32.7 Å². The summed E-state index contributed by atoms with van der Waals surface area (Å²) in [7, 11) is 1.85. The van der Waals surface area contributed by atoms with E-state index < -0.39 is 0 Å². The van der Waals surface area contributed by atoms with Crippen molar-refractivity contribution in [1.29, 1.82) is 0 Å². The number of guanidine groups is 1. The van der Waals surface area contributed by atoms with Crippen LogP contribution in [0.3, 0.4) is 0 Å². The standard InChI is InChI=1S/C16H27N5O.HI/c1-17-16(18-11-15-6-10-22-19-15)21-9-5-14(13-21)12-20-7-3-2-4-8-20;/h6,10,14H,2-5,7-9,11-13H2,1H3,(H,17,18);1H. The second-order valence-electron chi connectivity index (χ2n) is 6.35. The molecular weight excluding hydrogens is 405 g/mol. The summed E-state index contributed by atoms with van der Waals surface area (Å²) in [6, 6.07) is 1.88. The summed E-state index contributed by atoms with van der Waals surface area (Å²) < 4.78 is 4.86. The number of nitrogens with one attached hydrogen (secondary N) is 1. The molecule has 23 heavy (non-hydrogen) atoms. The van der Waals surface area contributed by atoms with Gasteiger partial charge in [0.1, 0.15) is 12.0 Å². The molecule has 0 bridgehead atoms. The van der Waals surface area contributed by atoms with Crippen molar-refractivity contribution in [3.8, 4) is 0 Å². The first-order valence-electron chi connectivity index (χ1n) is 8.42. The lowest BCUT2D eigenvalue weighted by Crippen LogP contribution is -2.41. The van der Waals surface area contributed by atoms with Gasteiger partial charge in [0.15, 0.2) is 5.96 Å². The predicted octanol–water partition coefficient (Wildman–Crippen LogP) is 2.18. The number of rotatable bonds is 4. The number of hydrogen-bond acceptors (Lipinski definition) is 4. The van der Waals surface area contributed by atoms with Crippen molar-refractivity contribution in [2.45, 2.75) is 32.2 Å². The van der Waals surface area contributed by atoms with E-state index in [9.17, 15) is 0 Å². The molecule has 0 amide bonds.